The molecule has 0 radical (unpaired) electrons. The van der Waals surface area contributed by atoms with Gasteiger partial charge in [-0.25, -0.2) is 0 Å². The fourth-order valence-electron chi connectivity index (χ4n) is 6.33. The molecule has 0 atom stereocenters. The molecule has 0 spiro atoms. The van der Waals surface area contributed by atoms with E-state index in [1.807, 2.05) is 31.2 Å². The van der Waals surface area contributed by atoms with Crippen molar-refractivity contribution < 1.29 is 4.79 Å². The molecular weight excluding hydrogens is 587 g/mol. The lowest BCUT2D eigenvalue weighted by Crippen LogP contribution is -2.12. The molecular formula is C44H37N3O. The van der Waals surface area contributed by atoms with E-state index in [2.05, 4.69) is 156 Å². The Hall–Kier alpha value is -6.13. The van der Waals surface area contributed by atoms with Crippen LogP contribution in [0.15, 0.2) is 170 Å². The van der Waals surface area contributed by atoms with Gasteiger partial charge in [0.2, 0.25) is 0 Å². The number of fused-ring (bicyclic) bond motifs is 3. The predicted molar refractivity (Wildman–Crippen MR) is 203 cm³/mol. The number of amides is 1. The number of anilines is 4. The van der Waals surface area contributed by atoms with Gasteiger partial charge < -0.3 is 14.8 Å². The number of allylic oxidation sites excluding steroid dienone is 1. The summed E-state index contributed by atoms with van der Waals surface area (Å²) in [6.07, 6.45) is 4.56. The summed E-state index contributed by atoms with van der Waals surface area (Å²) in [6, 6.07) is 51.0. The van der Waals surface area contributed by atoms with Crippen LogP contribution < -0.4 is 10.2 Å². The number of hydrogen-bond acceptors (Lipinski definition) is 2. The van der Waals surface area contributed by atoms with Crippen LogP contribution in [-0.2, 0) is 4.79 Å². The van der Waals surface area contributed by atoms with Crippen LogP contribution in [0.4, 0.5) is 22.7 Å². The number of carbonyl (C=O) groups is 1. The molecule has 0 saturated carbocycles. The second kappa shape index (κ2) is 13.3. The fraction of sp³-hybridized carbons (Fsp3) is 0.0682. The van der Waals surface area contributed by atoms with Crippen molar-refractivity contribution in [3.63, 3.8) is 0 Å². The molecule has 0 bridgehead atoms. The van der Waals surface area contributed by atoms with Gasteiger partial charge in [0, 0.05) is 44.7 Å². The van der Waals surface area contributed by atoms with E-state index in [0.717, 1.165) is 67.8 Å². The van der Waals surface area contributed by atoms with Crippen molar-refractivity contribution in [2.75, 3.05) is 10.2 Å². The summed E-state index contributed by atoms with van der Waals surface area (Å²) >= 11 is 0. The molecule has 0 aliphatic rings. The molecule has 4 heteroatoms. The Morgan fingerprint density at radius 3 is 1.96 bits per heavy atom. The Balaban J connectivity index is 1.31. The van der Waals surface area contributed by atoms with Gasteiger partial charge in [0.15, 0.2) is 0 Å². The van der Waals surface area contributed by atoms with E-state index in [0.29, 0.717) is 5.57 Å². The molecule has 1 heterocycles. The second-order valence-corrected chi connectivity index (χ2v) is 11.9. The fourth-order valence-corrected chi connectivity index (χ4v) is 6.33. The van der Waals surface area contributed by atoms with Gasteiger partial charge in [-0.15, -0.1) is 0 Å². The largest absolute Gasteiger partial charge is 0.322 e. The quantitative estimate of drug-likeness (QED) is 0.128. The molecule has 234 valence electrons. The van der Waals surface area contributed by atoms with Crippen LogP contribution in [0.25, 0.3) is 38.6 Å². The summed E-state index contributed by atoms with van der Waals surface area (Å²) in [7, 11) is 0. The predicted octanol–water partition coefficient (Wildman–Crippen LogP) is 11.7. The van der Waals surface area contributed by atoms with Crippen LogP contribution in [0.1, 0.15) is 18.9 Å². The number of hydrogen-bond donors (Lipinski definition) is 1. The number of para-hydroxylation sites is 3. The maximum Gasteiger partial charge on any atom is 0.255 e. The third-order valence-corrected chi connectivity index (χ3v) is 8.64. The molecule has 7 aromatic rings. The molecule has 4 nitrogen and oxygen atoms in total. The highest BCUT2D eigenvalue weighted by atomic mass is 16.1. The van der Waals surface area contributed by atoms with Gasteiger partial charge in [0.1, 0.15) is 0 Å². The molecule has 0 unspecified atom stereocenters. The lowest BCUT2D eigenvalue weighted by atomic mass is 10.0. The average molecular weight is 624 g/mol. The molecule has 0 fully saturated rings. The first-order chi connectivity index (χ1) is 23.5. The van der Waals surface area contributed by atoms with Crippen LogP contribution in [0.3, 0.4) is 0 Å². The maximum absolute atomic E-state index is 12.9. The molecule has 1 N–H and O–H groups in total. The Bertz CT molecular complexity index is 2240. The molecule has 0 aliphatic carbocycles. The second-order valence-electron chi connectivity index (χ2n) is 11.9. The Labute approximate surface area is 281 Å². The van der Waals surface area contributed by atoms with Crippen molar-refractivity contribution >= 4 is 50.5 Å². The molecule has 7 rings (SSSR count). The van der Waals surface area contributed by atoms with Gasteiger partial charge in [-0.3, -0.25) is 4.79 Å². The average Bonchev–Trinajstić information content (AvgIpc) is 3.44. The van der Waals surface area contributed by atoms with E-state index in [1.54, 1.807) is 6.08 Å². The SMILES string of the molecule is C=C(/C=C\CC)C(=O)Nc1ccc2c(c1)c1cc(C)ccc1n2-c1ccccc1-c1ccc(N(c2ccccc2)c2ccccc2)cc1. The first-order valence-corrected chi connectivity index (χ1v) is 16.3. The zero-order valence-corrected chi connectivity index (χ0v) is 27.2. The number of aryl methyl sites for hydroxylation is 1. The van der Waals surface area contributed by atoms with Crippen molar-refractivity contribution in [2.45, 2.75) is 20.3 Å². The normalized spacial score (nSPS) is 11.3. The third kappa shape index (κ3) is 5.92. The molecule has 0 aliphatic heterocycles. The number of carbonyl (C=O) groups excluding carboxylic acids is 1. The van der Waals surface area contributed by atoms with E-state index < -0.39 is 0 Å². The molecule has 1 aromatic heterocycles. The van der Waals surface area contributed by atoms with Gasteiger partial charge in [0.25, 0.3) is 5.91 Å². The Morgan fingerprint density at radius 1 is 0.708 bits per heavy atom. The van der Waals surface area contributed by atoms with Gasteiger partial charge in [0.05, 0.1) is 16.7 Å². The summed E-state index contributed by atoms with van der Waals surface area (Å²) in [4.78, 5) is 15.1. The van der Waals surface area contributed by atoms with Gasteiger partial charge >= 0.3 is 0 Å². The van der Waals surface area contributed by atoms with Crippen LogP contribution in [0.5, 0.6) is 0 Å². The van der Waals surface area contributed by atoms with E-state index in [9.17, 15) is 4.79 Å². The summed E-state index contributed by atoms with van der Waals surface area (Å²) < 4.78 is 2.34. The zero-order chi connectivity index (χ0) is 33.0. The van der Waals surface area contributed by atoms with Crippen molar-refractivity contribution in [3.8, 4) is 16.8 Å². The van der Waals surface area contributed by atoms with E-state index >= 15 is 0 Å². The van der Waals surface area contributed by atoms with E-state index in [-0.39, 0.29) is 5.91 Å². The standard InChI is InChI=1S/C44H37N3O/c1-4-5-14-32(3)44(48)45-34-24-28-43-40(30-34)39-29-31(2)21-27-42(39)47(43)41-20-13-12-19-38(41)33-22-25-37(26-23-33)46(35-15-8-6-9-16-35)36-17-10-7-11-18-36/h5-30H,3-4H2,1-2H3,(H,45,48)/b14-5-. The highest BCUT2D eigenvalue weighted by molar-refractivity contribution is 6.12. The minimum Gasteiger partial charge on any atom is -0.322 e. The lowest BCUT2D eigenvalue weighted by Gasteiger charge is -2.25. The number of nitrogens with zero attached hydrogens (tertiary/aromatic N) is 2. The van der Waals surface area contributed by atoms with Crippen LogP contribution in [0, 0.1) is 6.92 Å². The molecule has 6 aromatic carbocycles. The maximum atomic E-state index is 12.9. The zero-order valence-electron chi connectivity index (χ0n) is 27.2. The summed E-state index contributed by atoms with van der Waals surface area (Å²) in [5.41, 5.74) is 11.2. The van der Waals surface area contributed by atoms with Crippen LogP contribution in [0.2, 0.25) is 0 Å². The Morgan fingerprint density at radius 2 is 1.29 bits per heavy atom. The summed E-state index contributed by atoms with van der Waals surface area (Å²) in [5.74, 6) is -0.203. The first-order valence-electron chi connectivity index (χ1n) is 16.3. The third-order valence-electron chi connectivity index (χ3n) is 8.64. The number of aromatic nitrogens is 1. The van der Waals surface area contributed by atoms with Gasteiger partial charge in [-0.05, 0) is 91.7 Å². The highest BCUT2D eigenvalue weighted by Gasteiger charge is 2.18. The number of benzene rings is 6. The van der Waals surface area contributed by atoms with Crippen molar-refractivity contribution in [3.05, 3.63) is 175 Å². The minimum atomic E-state index is -0.203. The van der Waals surface area contributed by atoms with Gasteiger partial charge in [-0.1, -0.05) is 104 Å². The molecule has 1 amide bonds. The number of nitrogens with one attached hydrogen (secondary N) is 1. The van der Waals surface area contributed by atoms with Crippen molar-refractivity contribution in [2.24, 2.45) is 0 Å². The molecule has 0 saturated heterocycles. The van der Waals surface area contributed by atoms with Crippen molar-refractivity contribution in [1.29, 1.82) is 0 Å². The summed E-state index contributed by atoms with van der Waals surface area (Å²) in [6.45, 7) is 8.08. The lowest BCUT2D eigenvalue weighted by molar-refractivity contribution is -0.112. The highest BCUT2D eigenvalue weighted by Crippen LogP contribution is 2.39. The van der Waals surface area contributed by atoms with Gasteiger partial charge in [-0.2, -0.15) is 0 Å². The smallest absolute Gasteiger partial charge is 0.255 e. The van der Waals surface area contributed by atoms with E-state index in [1.165, 1.54) is 5.56 Å². The number of rotatable bonds is 9. The molecule has 48 heavy (non-hydrogen) atoms. The topological polar surface area (TPSA) is 37.3 Å². The first kappa shape index (κ1) is 30.5. The monoisotopic (exact) mass is 623 g/mol. The van der Waals surface area contributed by atoms with Crippen LogP contribution >= 0.6 is 0 Å². The van der Waals surface area contributed by atoms with Crippen molar-refractivity contribution in [1.82, 2.24) is 4.57 Å². The Kier molecular flexibility index (Phi) is 8.46. The van der Waals surface area contributed by atoms with E-state index in [4.69, 9.17) is 0 Å². The van der Waals surface area contributed by atoms with Crippen LogP contribution in [-0.4, -0.2) is 10.5 Å². The minimum absolute atomic E-state index is 0.203. The summed E-state index contributed by atoms with van der Waals surface area (Å²) in [5, 5.41) is 5.26.